The van der Waals surface area contributed by atoms with E-state index in [9.17, 15) is 13.2 Å². The molecule has 1 aromatic heterocycles. The molecule has 0 aliphatic heterocycles. The summed E-state index contributed by atoms with van der Waals surface area (Å²) < 4.78 is 29.7. The number of nitrogens with zero attached hydrogens (tertiary/aromatic N) is 2. The zero-order valence-corrected chi connectivity index (χ0v) is 10.6. The Morgan fingerprint density at radius 3 is 2.67 bits per heavy atom. The highest BCUT2D eigenvalue weighted by Crippen LogP contribution is 2.20. The number of rotatable bonds is 5. The van der Waals surface area contributed by atoms with Gasteiger partial charge in [-0.15, -0.1) is 0 Å². The van der Waals surface area contributed by atoms with E-state index in [0.717, 1.165) is 16.4 Å². The third kappa shape index (κ3) is 2.69. The summed E-state index contributed by atoms with van der Waals surface area (Å²) in [6.45, 7) is 1.57. The second-order valence-corrected chi connectivity index (χ2v) is 5.58. The predicted octanol–water partition coefficient (Wildman–Crippen LogP) is 0.900. The van der Waals surface area contributed by atoms with Crippen molar-refractivity contribution in [2.45, 2.75) is 24.5 Å². The van der Waals surface area contributed by atoms with E-state index >= 15 is 0 Å². The number of furan rings is 1. The molecule has 0 aromatic carbocycles. The van der Waals surface area contributed by atoms with Gasteiger partial charge in [-0.05, 0) is 19.1 Å². The number of aromatic carboxylic acids is 1. The van der Waals surface area contributed by atoms with Crippen LogP contribution in [0.2, 0.25) is 0 Å². The lowest BCUT2D eigenvalue weighted by Gasteiger charge is -2.20. The summed E-state index contributed by atoms with van der Waals surface area (Å²) in [6.07, 6.45) is 0.0300. The summed E-state index contributed by atoms with van der Waals surface area (Å²) in [5.41, 5.74) is 0. The zero-order chi connectivity index (χ0) is 13.9. The second kappa shape index (κ2) is 5.20. The van der Waals surface area contributed by atoms with Gasteiger partial charge in [-0.1, -0.05) is 0 Å². The van der Waals surface area contributed by atoms with E-state index in [1.807, 2.05) is 6.07 Å². The van der Waals surface area contributed by atoms with E-state index in [2.05, 4.69) is 0 Å². The average molecular weight is 272 g/mol. The highest BCUT2D eigenvalue weighted by atomic mass is 32.2. The van der Waals surface area contributed by atoms with E-state index in [-0.39, 0.29) is 6.42 Å². The van der Waals surface area contributed by atoms with Crippen molar-refractivity contribution in [3.8, 4) is 6.07 Å². The molecule has 0 fully saturated rings. The molecule has 0 saturated heterocycles. The van der Waals surface area contributed by atoms with Crippen molar-refractivity contribution in [1.82, 2.24) is 4.31 Å². The first kappa shape index (κ1) is 14.2. The fourth-order valence-corrected chi connectivity index (χ4v) is 2.48. The van der Waals surface area contributed by atoms with Crippen LogP contribution in [0.15, 0.2) is 21.6 Å². The van der Waals surface area contributed by atoms with Crippen molar-refractivity contribution in [3.05, 3.63) is 17.9 Å². The molecule has 8 heteroatoms. The fraction of sp³-hybridized carbons (Fsp3) is 0.400. The quantitative estimate of drug-likeness (QED) is 0.852. The van der Waals surface area contributed by atoms with Crippen LogP contribution in [0.1, 0.15) is 23.9 Å². The Kier molecular flexibility index (Phi) is 4.11. The Morgan fingerprint density at radius 2 is 2.22 bits per heavy atom. The van der Waals surface area contributed by atoms with Gasteiger partial charge in [-0.25, -0.2) is 13.2 Å². The second-order valence-electron chi connectivity index (χ2n) is 3.66. The lowest BCUT2D eigenvalue weighted by atomic mass is 10.3. The molecule has 1 N–H and O–H groups in total. The SMILES string of the molecule is CC(CC#N)N(C)S(=O)(=O)c1ccc(C(=O)O)o1. The molecule has 0 aliphatic rings. The number of hydrogen-bond acceptors (Lipinski definition) is 5. The van der Waals surface area contributed by atoms with Crippen LogP contribution in [0.4, 0.5) is 0 Å². The Bertz CT molecular complexity index is 584. The smallest absolute Gasteiger partial charge is 0.371 e. The molecule has 18 heavy (non-hydrogen) atoms. The molecule has 1 unspecified atom stereocenters. The van der Waals surface area contributed by atoms with Crippen LogP contribution in [-0.2, 0) is 10.0 Å². The van der Waals surface area contributed by atoms with Crippen LogP contribution < -0.4 is 0 Å². The van der Waals surface area contributed by atoms with Gasteiger partial charge >= 0.3 is 5.97 Å². The third-order valence-corrected chi connectivity index (χ3v) is 4.28. The van der Waals surface area contributed by atoms with E-state index in [4.69, 9.17) is 14.8 Å². The standard InChI is InChI=1S/C10H12N2O5S/c1-7(5-6-11)12(2)18(15,16)9-4-3-8(17-9)10(13)14/h3-4,7H,5H2,1-2H3,(H,13,14). The van der Waals surface area contributed by atoms with Gasteiger partial charge in [0.05, 0.1) is 12.5 Å². The molecule has 1 aromatic rings. The summed E-state index contributed by atoms with van der Waals surface area (Å²) in [5.74, 6) is -1.79. The highest BCUT2D eigenvalue weighted by molar-refractivity contribution is 7.89. The molecule has 0 amide bonds. The molecular weight excluding hydrogens is 260 g/mol. The Balaban J connectivity index is 3.06. The molecule has 7 nitrogen and oxygen atoms in total. The largest absolute Gasteiger partial charge is 0.475 e. The summed E-state index contributed by atoms with van der Waals surface area (Å²) in [4.78, 5) is 10.6. The monoisotopic (exact) mass is 272 g/mol. The Morgan fingerprint density at radius 1 is 1.61 bits per heavy atom. The highest BCUT2D eigenvalue weighted by Gasteiger charge is 2.29. The first-order valence-electron chi connectivity index (χ1n) is 4.98. The van der Waals surface area contributed by atoms with Crippen molar-refractivity contribution < 1.29 is 22.7 Å². The van der Waals surface area contributed by atoms with Crippen molar-refractivity contribution >= 4 is 16.0 Å². The lowest BCUT2D eigenvalue weighted by molar-refractivity contribution is 0.0656. The molecule has 0 radical (unpaired) electrons. The molecule has 0 bridgehead atoms. The van der Waals surface area contributed by atoms with Gasteiger partial charge in [0, 0.05) is 13.1 Å². The van der Waals surface area contributed by atoms with Gasteiger partial charge in [0.2, 0.25) is 10.9 Å². The molecule has 0 aliphatic carbocycles. The van der Waals surface area contributed by atoms with Crippen LogP contribution in [0.25, 0.3) is 0 Å². The van der Waals surface area contributed by atoms with Gasteiger partial charge in [-0.2, -0.15) is 9.57 Å². The maximum absolute atomic E-state index is 12.0. The zero-order valence-electron chi connectivity index (χ0n) is 9.82. The van der Waals surface area contributed by atoms with Gasteiger partial charge in [0.25, 0.3) is 10.0 Å². The van der Waals surface area contributed by atoms with Gasteiger partial charge in [-0.3, -0.25) is 0 Å². The fourth-order valence-electron chi connectivity index (χ4n) is 1.21. The normalized spacial score (nSPS) is 13.2. The molecule has 1 rings (SSSR count). The predicted molar refractivity (Wildman–Crippen MR) is 60.3 cm³/mol. The van der Waals surface area contributed by atoms with Crippen molar-refractivity contribution in [2.24, 2.45) is 0 Å². The minimum absolute atomic E-state index is 0.0300. The van der Waals surface area contributed by atoms with Gasteiger partial charge in [0.15, 0.2) is 0 Å². The third-order valence-electron chi connectivity index (χ3n) is 2.43. The lowest BCUT2D eigenvalue weighted by Crippen LogP contribution is -2.34. The molecule has 1 heterocycles. The van der Waals surface area contributed by atoms with Crippen LogP contribution >= 0.6 is 0 Å². The van der Waals surface area contributed by atoms with Gasteiger partial charge in [0.1, 0.15) is 0 Å². The first-order valence-corrected chi connectivity index (χ1v) is 6.42. The van der Waals surface area contributed by atoms with Gasteiger partial charge < -0.3 is 9.52 Å². The molecular formula is C10H12N2O5S. The minimum atomic E-state index is -3.92. The molecule has 98 valence electrons. The Hall–Kier alpha value is -1.85. The maximum Gasteiger partial charge on any atom is 0.371 e. The van der Waals surface area contributed by atoms with Crippen LogP contribution in [0.3, 0.4) is 0 Å². The number of carbonyl (C=O) groups is 1. The molecule has 1 atom stereocenters. The Labute approximate surface area is 104 Å². The van der Waals surface area contributed by atoms with Crippen molar-refractivity contribution in [3.63, 3.8) is 0 Å². The summed E-state index contributed by atoms with van der Waals surface area (Å²) >= 11 is 0. The minimum Gasteiger partial charge on any atom is -0.475 e. The van der Waals surface area contributed by atoms with E-state index in [1.54, 1.807) is 6.92 Å². The van der Waals surface area contributed by atoms with Crippen molar-refractivity contribution in [1.29, 1.82) is 5.26 Å². The van der Waals surface area contributed by atoms with E-state index in [0.29, 0.717) is 0 Å². The summed E-state index contributed by atoms with van der Waals surface area (Å²) in [7, 11) is -2.62. The average Bonchev–Trinajstić information content (AvgIpc) is 2.78. The number of nitriles is 1. The van der Waals surface area contributed by atoms with Crippen LogP contribution in [0.5, 0.6) is 0 Å². The maximum atomic E-state index is 12.0. The van der Waals surface area contributed by atoms with E-state index in [1.165, 1.54) is 7.05 Å². The summed E-state index contributed by atoms with van der Waals surface area (Å²) in [6, 6.07) is 3.48. The first-order chi connectivity index (χ1) is 8.30. The topological polar surface area (TPSA) is 112 Å². The summed E-state index contributed by atoms with van der Waals surface area (Å²) in [5, 5.41) is 16.7. The molecule has 0 saturated carbocycles. The number of sulfonamides is 1. The molecule has 0 spiro atoms. The van der Waals surface area contributed by atoms with E-state index < -0.39 is 32.9 Å². The number of hydrogen-bond donors (Lipinski definition) is 1. The number of carboxylic acid groups (broad SMARTS) is 1. The number of carboxylic acids is 1. The van der Waals surface area contributed by atoms with Crippen LogP contribution in [-0.4, -0.2) is 36.9 Å². The van der Waals surface area contributed by atoms with Crippen molar-refractivity contribution in [2.75, 3.05) is 7.05 Å². The van der Waals surface area contributed by atoms with Crippen LogP contribution in [0, 0.1) is 11.3 Å².